The van der Waals surface area contributed by atoms with E-state index in [0.717, 1.165) is 0 Å². The lowest BCUT2D eigenvalue weighted by molar-refractivity contribution is 0.647. The van der Waals surface area contributed by atoms with Gasteiger partial charge in [-0.3, -0.25) is 0 Å². The molecule has 0 N–H and O–H groups in total. The monoisotopic (exact) mass is 506 g/mol. The maximum Gasteiger partial charge on any atom is 0.0720 e. The molecule has 0 radical (unpaired) electrons. The molecule has 0 unspecified atom stereocenters. The summed E-state index contributed by atoms with van der Waals surface area (Å²) in [6, 6.07) is 44.0. The zero-order valence-corrected chi connectivity index (χ0v) is 22.2. The molecule has 1 aliphatic heterocycles. The van der Waals surface area contributed by atoms with Crippen LogP contribution in [-0.2, 0) is 5.41 Å². The van der Waals surface area contributed by atoms with Gasteiger partial charge in [0.2, 0.25) is 0 Å². The number of thiophene rings is 1. The Bertz CT molecular complexity index is 1990. The Morgan fingerprint density at radius 3 is 2.00 bits per heavy atom. The zero-order chi connectivity index (χ0) is 25.4. The van der Waals surface area contributed by atoms with E-state index in [1.54, 1.807) is 0 Å². The van der Waals surface area contributed by atoms with E-state index >= 15 is 0 Å². The summed E-state index contributed by atoms with van der Waals surface area (Å²) in [5, 5.41) is 3.91. The Morgan fingerprint density at radius 1 is 0.579 bits per heavy atom. The number of fused-ring (bicyclic) bond motifs is 8. The Hall–Kier alpha value is -4.34. The number of nitrogens with zero attached hydrogens (tertiary/aromatic N) is 2. The van der Waals surface area contributed by atoms with Crippen molar-refractivity contribution in [1.82, 2.24) is 4.57 Å². The summed E-state index contributed by atoms with van der Waals surface area (Å²) in [4.78, 5) is 3.89. The second-order valence-corrected chi connectivity index (χ2v) is 11.6. The molecule has 5 aromatic carbocycles. The van der Waals surface area contributed by atoms with Crippen LogP contribution in [0.1, 0.15) is 24.3 Å². The maximum absolute atomic E-state index is 2.48. The Kier molecular flexibility index (Phi) is 4.48. The van der Waals surface area contributed by atoms with Gasteiger partial charge in [0.1, 0.15) is 0 Å². The first-order valence-electron chi connectivity index (χ1n) is 13.1. The van der Waals surface area contributed by atoms with Crippen molar-refractivity contribution < 1.29 is 0 Å². The maximum atomic E-state index is 2.48. The summed E-state index contributed by atoms with van der Waals surface area (Å²) in [6.45, 7) is 4.76. The summed E-state index contributed by atoms with van der Waals surface area (Å²) < 4.78 is 3.80. The van der Waals surface area contributed by atoms with E-state index < -0.39 is 0 Å². The van der Waals surface area contributed by atoms with Gasteiger partial charge in [-0.2, -0.15) is 0 Å². The van der Waals surface area contributed by atoms with E-state index in [9.17, 15) is 0 Å². The first-order chi connectivity index (χ1) is 18.6. The number of benzene rings is 5. The molecular weight excluding hydrogens is 480 g/mol. The van der Waals surface area contributed by atoms with Gasteiger partial charge in [0, 0.05) is 37.8 Å². The van der Waals surface area contributed by atoms with Gasteiger partial charge < -0.3 is 9.47 Å². The predicted molar refractivity (Wildman–Crippen MR) is 163 cm³/mol. The lowest BCUT2D eigenvalue weighted by Crippen LogP contribution is -2.29. The van der Waals surface area contributed by atoms with Gasteiger partial charge in [-0.25, -0.2) is 0 Å². The van der Waals surface area contributed by atoms with Crippen LogP contribution in [0.4, 0.5) is 17.1 Å². The number of anilines is 3. The molecule has 2 aromatic heterocycles. The molecule has 0 spiro atoms. The van der Waals surface area contributed by atoms with Crippen LogP contribution < -0.4 is 4.90 Å². The van der Waals surface area contributed by atoms with Crippen LogP contribution in [0.5, 0.6) is 0 Å². The molecular formula is C35H26N2S. The molecule has 0 aliphatic carbocycles. The minimum absolute atomic E-state index is 0.114. The number of rotatable bonds is 2. The van der Waals surface area contributed by atoms with Crippen molar-refractivity contribution in [3.63, 3.8) is 0 Å². The molecule has 7 aromatic rings. The second-order valence-electron chi connectivity index (χ2n) is 10.6. The number of hydrogen-bond acceptors (Lipinski definition) is 2. The third kappa shape index (κ3) is 2.82. The van der Waals surface area contributed by atoms with Gasteiger partial charge in [0.25, 0.3) is 0 Å². The molecule has 2 nitrogen and oxygen atoms in total. The third-order valence-electron chi connectivity index (χ3n) is 8.10. The quantitative estimate of drug-likeness (QED) is 0.226. The van der Waals surface area contributed by atoms with E-state index in [2.05, 4.69) is 145 Å². The molecule has 0 fully saturated rings. The van der Waals surface area contributed by atoms with Gasteiger partial charge in [0.05, 0.1) is 27.1 Å². The molecule has 3 heteroatoms. The van der Waals surface area contributed by atoms with Crippen LogP contribution >= 0.6 is 11.3 Å². The molecule has 0 amide bonds. The molecule has 1 aliphatic rings. The van der Waals surface area contributed by atoms with Gasteiger partial charge in [-0.15, -0.1) is 11.3 Å². The normalized spacial score (nSPS) is 14.2. The zero-order valence-electron chi connectivity index (χ0n) is 21.3. The molecule has 3 heterocycles. The standard InChI is InChI=1S/C35H26N2S/c1-35(2)28-18-10-12-20-30(28)37(24-15-7-4-8-16-24)32-27-22-21-26-25-17-9-11-19-29(25)36(23-13-5-3-6-14-23)31(26)33(27)38-34(32)35/h3-22H,1-2H3. The molecule has 182 valence electrons. The summed E-state index contributed by atoms with van der Waals surface area (Å²) in [5.74, 6) is 0. The summed E-state index contributed by atoms with van der Waals surface area (Å²) in [5.41, 5.74) is 8.75. The van der Waals surface area contributed by atoms with Crippen LogP contribution in [-0.4, -0.2) is 4.57 Å². The van der Waals surface area contributed by atoms with Gasteiger partial charge >= 0.3 is 0 Å². The Morgan fingerprint density at radius 2 is 1.21 bits per heavy atom. The van der Waals surface area contributed by atoms with Crippen LogP contribution in [0.15, 0.2) is 121 Å². The lowest BCUT2D eigenvalue weighted by Gasteiger charge is -2.40. The van der Waals surface area contributed by atoms with E-state index in [-0.39, 0.29) is 5.41 Å². The average molecular weight is 507 g/mol. The Labute approximate surface area is 226 Å². The minimum Gasteiger partial charge on any atom is -0.308 e. The fourth-order valence-electron chi connectivity index (χ4n) is 6.37. The van der Waals surface area contributed by atoms with Crippen molar-refractivity contribution in [2.75, 3.05) is 4.90 Å². The van der Waals surface area contributed by atoms with Crippen LogP contribution in [0, 0.1) is 0 Å². The van der Waals surface area contributed by atoms with E-state index in [1.165, 1.54) is 65.1 Å². The van der Waals surface area contributed by atoms with E-state index in [4.69, 9.17) is 0 Å². The predicted octanol–water partition coefficient (Wildman–Crippen LogP) is 10.1. The van der Waals surface area contributed by atoms with Gasteiger partial charge in [-0.1, -0.05) is 98.8 Å². The molecule has 0 bridgehead atoms. The summed E-state index contributed by atoms with van der Waals surface area (Å²) >= 11 is 1.96. The van der Waals surface area contributed by atoms with Crippen molar-refractivity contribution in [3.05, 3.63) is 132 Å². The van der Waals surface area contributed by atoms with Crippen molar-refractivity contribution in [1.29, 1.82) is 0 Å². The van der Waals surface area contributed by atoms with Crippen molar-refractivity contribution >= 4 is 60.3 Å². The largest absolute Gasteiger partial charge is 0.308 e. The molecule has 8 rings (SSSR count). The highest BCUT2D eigenvalue weighted by Crippen LogP contribution is 2.58. The van der Waals surface area contributed by atoms with E-state index in [0.29, 0.717) is 0 Å². The summed E-state index contributed by atoms with van der Waals surface area (Å²) in [7, 11) is 0. The average Bonchev–Trinajstić information content (AvgIpc) is 3.52. The fraction of sp³-hybridized carbons (Fsp3) is 0.0857. The molecule has 38 heavy (non-hydrogen) atoms. The number of aromatic nitrogens is 1. The highest BCUT2D eigenvalue weighted by Gasteiger charge is 2.40. The van der Waals surface area contributed by atoms with Crippen molar-refractivity contribution in [2.24, 2.45) is 0 Å². The number of hydrogen-bond donors (Lipinski definition) is 0. The van der Waals surface area contributed by atoms with Crippen LogP contribution in [0.25, 0.3) is 37.6 Å². The van der Waals surface area contributed by atoms with Gasteiger partial charge in [-0.05, 0) is 42.0 Å². The van der Waals surface area contributed by atoms with Crippen LogP contribution in [0.3, 0.4) is 0 Å². The first-order valence-corrected chi connectivity index (χ1v) is 14.0. The van der Waals surface area contributed by atoms with Crippen molar-refractivity contribution in [2.45, 2.75) is 19.3 Å². The SMILES string of the molecule is CC1(C)c2ccccc2N(c2ccccc2)c2c1sc1c2ccc2c3ccccc3n(-c3ccccc3)c21. The molecule has 0 saturated heterocycles. The molecule has 0 saturated carbocycles. The topological polar surface area (TPSA) is 8.17 Å². The highest BCUT2D eigenvalue weighted by atomic mass is 32.1. The first kappa shape index (κ1) is 21.7. The van der Waals surface area contributed by atoms with Crippen molar-refractivity contribution in [3.8, 4) is 5.69 Å². The van der Waals surface area contributed by atoms with Gasteiger partial charge in [0.15, 0.2) is 0 Å². The Balaban J connectivity index is 1.56. The third-order valence-corrected chi connectivity index (χ3v) is 9.63. The number of para-hydroxylation sites is 4. The summed E-state index contributed by atoms with van der Waals surface area (Å²) in [6.07, 6.45) is 0. The van der Waals surface area contributed by atoms with Crippen LogP contribution in [0.2, 0.25) is 0 Å². The second kappa shape index (κ2) is 7.83. The minimum atomic E-state index is -0.114. The molecule has 0 atom stereocenters. The fourth-order valence-corrected chi connectivity index (χ4v) is 7.81. The lowest BCUT2D eigenvalue weighted by atomic mass is 9.78. The highest BCUT2D eigenvalue weighted by molar-refractivity contribution is 7.21. The smallest absolute Gasteiger partial charge is 0.0720 e. The van der Waals surface area contributed by atoms with E-state index in [1.807, 2.05) is 11.3 Å².